The molecule has 1 aliphatic rings. The van der Waals surface area contributed by atoms with Crippen LogP contribution in [0.3, 0.4) is 0 Å². The van der Waals surface area contributed by atoms with E-state index in [-0.39, 0.29) is 0 Å². The Hall–Kier alpha value is 0.120. The molecular weight excluding hydrogens is 277 g/mol. The third-order valence-corrected chi connectivity index (χ3v) is 5.35. The van der Waals surface area contributed by atoms with E-state index in [9.17, 15) is 8.42 Å². The summed E-state index contributed by atoms with van der Waals surface area (Å²) in [6, 6.07) is 0. The first-order valence-electron chi connectivity index (χ1n) is 3.01. The molecule has 62 valence electrons. The fourth-order valence-electron chi connectivity index (χ4n) is 0.786. The minimum absolute atomic E-state index is 0.447. The Kier molecular flexibility index (Phi) is 2.40. The molecule has 1 atom stereocenters. The van der Waals surface area contributed by atoms with Crippen molar-refractivity contribution in [1.29, 1.82) is 0 Å². The van der Waals surface area contributed by atoms with E-state index in [0.717, 1.165) is 0 Å². The molecule has 1 rings (SSSR count). The van der Waals surface area contributed by atoms with Crippen LogP contribution in [0.5, 0.6) is 0 Å². The number of halogens is 1. The monoisotopic (exact) mass is 285 g/mol. The van der Waals surface area contributed by atoms with Crippen molar-refractivity contribution in [2.24, 2.45) is 5.14 Å². The lowest BCUT2D eigenvalue weighted by Gasteiger charge is -2.20. The number of primary sulfonamides is 1. The highest BCUT2D eigenvalue weighted by Crippen LogP contribution is 2.32. The largest absolute Gasteiger partial charge is 0.228 e. The Morgan fingerprint density at radius 1 is 1.45 bits per heavy atom. The average Bonchev–Trinajstić information content (AvgIpc) is 1.87. The molecule has 5 heteroatoms. The fourth-order valence-corrected chi connectivity index (χ4v) is 1.84. The van der Waals surface area contributed by atoms with Gasteiger partial charge in [0, 0.05) is 0 Å². The summed E-state index contributed by atoms with van der Waals surface area (Å²) in [5, 5.41) is 5.02. The summed E-state index contributed by atoms with van der Waals surface area (Å²) in [6.07, 6.45) is 7.34. The molecule has 0 radical (unpaired) electrons. The first-order valence-corrected chi connectivity index (χ1v) is 5.64. The molecule has 0 saturated heterocycles. The third-order valence-electron chi connectivity index (χ3n) is 1.46. The first kappa shape index (κ1) is 9.21. The third kappa shape index (κ3) is 1.83. The van der Waals surface area contributed by atoms with Crippen molar-refractivity contribution in [3.8, 4) is 0 Å². The van der Waals surface area contributed by atoms with E-state index in [1.807, 2.05) is 28.7 Å². The Morgan fingerprint density at radius 2 is 2.09 bits per heavy atom. The molecule has 3 nitrogen and oxygen atoms in total. The highest BCUT2D eigenvalue weighted by atomic mass is 127. The molecule has 0 aromatic rings. The molecule has 0 bridgehead atoms. The molecule has 0 spiro atoms. The summed E-state index contributed by atoms with van der Waals surface area (Å²) in [5.41, 5.74) is 0. The van der Waals surface area contributed by atoms with Gasteiger partial charge >= 0.3 is 0 Å². The van der Waals surface area contributed by atoms with Crippen LogP contribution in [-0.2, 0) is 10.0 Å². The van der Waals surface area contributed by atoms with Crippen LogP contribution < -0.4 is 5.14 Å². The highest BCUT2D eigenvalue weighted by Gasteiger charge is 2.35. The van der Waals surface area contributed by atoms with Crippen LogP contribution >= 0.6 is 22.6 Å². The van der Waals surface area contributed by atoms with Gasteiger partial charge in [-0.2, -0.15) is 0 Å². The molecule has 2 N–H and O–H groups in total. The van der Waals surface area contributed by atoms with Gasteiger partial charge in [0.25, 0.3) is 0 Å². The minimum atomic E-state index is -3.48. The van der Waals surface area contributed by atoms with Gasteiger partial charge in [0.05, 0.1) is 0 Å². The Labute approximate surface area is 79.5 Å². The van der Waals surface area contributed by atoms with Crippen molar-refractivity contribution in [2.75, 3.05) is 0 Å². The van der Waals surface area contributed by atoms with Crippen LogP contribution in [0.1, 0.15) is 6.42 Å². The maximum Gasteiger partial charge on any atom is 0.228 e. The summed E-state index contributed by atoms with van der Waals surface area (Å²) in [4.78, 5) is 0. The van der Waals surface area contributed by atoms with Crippen molar-refractivity contribution >= 4 is 32.6 Å². The van der Waals surface area contributed by atoms with E-state index in [2.05, 4.69) is 0 Å². The number of nitrogens with two attached hydrogens (primary N) is 1. The van der Waals surface area contributed by atoms with Crippen LogP contribution in [-0.4, -0.2) is 11.2 Å². The Bertz CT molecular complexity index is 307. The number of sulfonamides is 1. The molecule has 0 amide bonds. The molecule has 11 heavy (non-hydrogen) atoms. The summed E-state index contributed by atoms with van der Waals surface area (Å²) < 4.78 is 21.1. The lowest BCUT2D eigenvalue weighted by atomic mass is 10.2. The molecule has 1 unspecified atom stereocenters. The van der Waals surface area contributed by atoms with Crippen LogP contribution in [0.4, 0.5) is 0 Å². The zero-order valence-electron chi connectivity index (χ0n) is 5.70. The van der Waals surface area contributed by atoms with E-state index >= 15 is 0 Å². The van der Waals surface area contributed by atoms with Crippen molar-refractivity contribution in [1.82, 2.24) is 0 Å². The molecule has 0 fully saturated rings. The van der Waals surface area contributed by atoms with Crippen LogP contribution in [0.2, 0.25) is 0 Å². The fraction of sp³-hybridized carbons (Fsp3) is 0.333. The number of allylic oxidation sites excluding steroid dienone is 3. The van der Waals surface area contributed by atoms with E-state index in [4.69, 9.17) is 5.14 Å². The SMILES string of the molecule is NS(=O)(=O)C1(I)C=CC=CC1. The Balaban J connectivity index is 3.04. The van der Waals surface area contributed by atoms with Gasteiger partial charge in [-0.15, -0.1) is 0 Å². The topological polar surface area (TPSA) is 60.2 Å². The second-order valence-corrected chi connectivity index (χ2v) is 6.80. The lowest BCUT2D eigenvalue weighted by molar-refractivity contribution is 0.587. The van der Waals surface area contributed by atoms with Gasteiger partial charge in [-0.3, -0.25) is 0 Å². The zero-order chi connectivity index (χ0) is 8.54. The first-order chi connectivity index (χ1) is 4.96. The summed E-state index contributed by atoms with van der Waals surface area (Å²) in [6.45, 7) is 0. The van der Waals surface area contributed by atoms with Crippen molar-refractivity contribution in [3.05, 3.63) is 24.3 Å². The van der Waals surface area contributed by atoms with Gasteiger partial charge in [-0.25, -0.2) is 13.6 Å². The van der Waals surface area contributed by atoms with Crippen molar-refractivity contribution in [2.45, 2.75) is 9.17 Å². The number of rotatable bonds is 1. The molecule has 0 aromatic heterocycles. The van der Waals surface area contributed by atoms with E-state index in [1.165, 1.54) is 0 Å². The number of hydrogen-bond acceptors (Lipinski definition) is 2. The normalized spacial score (nSPS) is 30.7. The van der Waals surface area contributed by atoms with Crippen molar-refractivity contribution in [3.63, 3.8) is 0 Å². The highest BCUT2D eigenvalue weighted by molar-refractivity contribution is 14.1. The van der Waals surface area contributed by atoms with Crippen LogP contribution in [0, 0.1) is 0 Å². The van der Waals surface area contributed by atoms with E-state index < -0.39 is 12.8 Å². The van der Waals surface area contributed by atoms with Gasteiger partial charge in [-0.1, -0.05) is 46.9 Å². The van der Waals surface area contributed by atoms with Gasteiger partial charge in [-0.05, 0) is 6.42 Å². The maximum atomic E-state index is 11.0. The molecule has 0 saturated carbocycles. The van der Waals surface area contributed by atoms with E-state index in [0.29, 0.717) is 6.42 Å². The van der Waals surface area contributed by atoms with Crippen LogP contribution in [0.15, 0.2) is 24.3 Å². The molecular formula is C6H8INO2S. The smallest absolute Gasteiger partial charge is 0.227 e. The molecule has 0 aromatic carbocycles. The second-order valence-electron chi connectivity index (χ2n) is 2.32. The van der Waals surface area contributed by atoms with Gasteiger partial charge < -0.3 is 0 Å². The molecule has 0 heterocycles. The minimum Gasteiger partial charge on any atom is -0.227 e. The predicted molar refractivity (Wildman–Crippen MR) is 52.8 cm³/mol. The van der Waals surface area contributed by atoms with Gasteiger partial charge in [0.1, 0.15) is 0 Å². The number of alkyl halides is 1. The summed E-state index contributed by atoms with van der Waals surface area (Å²) >= 11 is 1.85. The van der Waals surface area contributed by atoms with Crippen LogP contribution in [0.25, 0.3) is 0 Å². The zero-order valence-corrected chi connectivity index (χ0v) is 8.67. The quantitative estimate of drug-likeness (QED) is 0.575. The Morgan fingerprint density at radius 3 is 2.36 bits per heavy atom. The van der Waals surface area contributed by atoms with E-state index in [1.54, 1.807) is 18.2 Å². The summed E-state index contributed by atoms with van der Waals surface area (Å²) in [5.74, 6) is 0. The van der Waals surface area contributed by atoms with Crippen molar-refractivity contribution < 1.29 is 8.42 Å². The number of hydrogen-bond donors (Lipinski definition) is 1. The standard InChI is InChI=1S/C6H8INO2S/c7-6(11(8,9)10)4-2-1-3-5-6/h1-4H,5H2,(H2,8,9,10). The lowest BCUT2D eigenvalue weighted by Crippen LogP contribution is -2.36. The maximum absolute atomic E-state index is 11.0. The average molecular weight is 285 g/mol. The predicted octanol–water partition coefficient (Wildman–Crippen LogP) is 0.922. The second kappa shape index (κ2) is 2.87. The summed E-state index contributed by atoms with van der Waals surface area (Å²) in [7, 11) is -3.48. The molecule has 1 aliphatic carbocycles. The van der Waals surface area contributed by atoms with Gasteiger partial charge in [0.15, 0.2) is 2.75 Å². The van der Waals surface area contributed by atoms with Gasteiger partial charge in [0.2, 0.25) is 10.0 Å². The molecule has 0 aliphatic heterocycles.